The van der Waals surface area contributed by atoms with Gasteiger partial charge >= 0.3 is 12.2 Å². The predicted octanol–water partition coefficient (Wildman–Crippen LogP) is 5.31. The highest BCUT2D eigenvalue weighted by atomic mass is 32.1. The van der Waals surface area contributed by atoms with E-state index < -0.39 is 17.9 Å². The number of nitrogens with one attached hydrogen (secondary N) is 3. The number of amides is 2. The fourth-order valence-corrected chi connectivity index (χ4v) is 6.23. The zero-order chi connectivity index (χ0) is 27.9. The van der Waals surface area contributed by atoms with E-state index in [1.54, 1.807) is 25.4 Å². The van der Waals surface area contributed by atoms with Gasteiger partial charge in [0, 0.05) is 66.2 Å². The van der Waals surface area contributed by atoms with Gasteiger partial charge in [0.15, 0.2) is 5.69 Å². The van der Waals surface area contributed by atoms with Crippen LogP contribution in [0.5, 0.6) is 0 Å². The maximum atomic E-state index is 13.5. The average molecular weight is 569 g/mol. The van der Waals surface area contributed by atoms with Gasteiger partial charge in [-0.25, -0.2) is 19.7 Å². The van der Waals surface area contributed by atoms with E-state index in [0.29, 0.717) is 40.8 Å². The van der Waals surface area contributed by atoms with Crippen LogP contribution in [0.1, 0.15) is 31.9 Å². The van der Waals surface area contributed by atoms with Gasteiger partial charge in [0.1, 0.15) is 16.6 Å². The minimum Gasteiger partial charge on any atom is -0.353 e. The molecule has 2 aliphatic rings. The van der Waals surface area contributed by atoms with Crippen LogP contribution in [-0.2, 0) is 6.18 Å². The third-order valence-corrected chi connectivity index (χ3v) is 8.00. The van der Waals surface area contributed by atoms with Crippen LogP contribution in [0.4, 0.5) is 29.6 Å². The number of fused-ring (bicyclic) bond motifs is 3. The van der Waals surface area contributed by atoms with Crippen LogP contribution in [0.3, 0.4) is 0 Å². The standard InChI is InChI=1S/C27H27F3N8OS/c1-2-31-26(39)37-23-10-18(25-36-22(14-40-25)27(28,29)30)19(11-33-23)17-9-21-20(7-4-8-32-21)35-24(17)38-12-15-5-3-6-16(13-38)34-15/h4,7-11,14-16,34H,2-3,5-6,12-13H2,1H3,(H2,31,33,37,39). The second-order valence-corrected chi connectivity index (χ2v) is 10.8. The highest BCUT2D eigenvalue weighted by molar-refractivity contribution is 7.13. The Labute approximate surface area is 232 Å². The minimum absolute atomic E-state index is 0.160. The molecular formula is C27H27F3N8OS. The lowest BCUT2D eigenvalue weighted by Crippen LogP contribution is -2.59. The van der Waals surface area contributed by atoms with E-state index >= 15 is 0 Å². The monoisotopic (exact) mass is 568 g/mol. The zero-order valence-corrected chi connectivity index (χ0v) is 22.4. The summed E-state index contributed by atoms with van der Waals surface area (Å²) in [5.74, 6) is 0.914. The molecule has 2 aliphatic heterocycles. The van der Waals surface area contributed by atoms with Crippen LogP contribution in [0.15, 0.2) is 42.0 Å². The number of piperazine rings is 1. The second kappa shape index (κ2) is 10.6. The smallest absolute Gasteiger partial charge is 0.353 e. The summed E-state index contributed by atoms with van der Waals surface area (Å²) in [6, 6.07) is 7.39. The van der Waals surface area contributed by atoms with Gasteiger partial charge in [0.05, 0.1) is 11.0 Å². The van der Waals surface area contributed by atoms with Crippen molar-refractivity contribution < 1.29 is 18.0 Å². The van der Waals surface area contributed by atoms with E-state index in [4.69, 9.17) is 4.98 Å². The number of halogens is 3. The highest BCUT2D eigenvalue weighted by Crippen LogP contribution is 2.42. The number of rotatable bonds is 5. The molecule has 3 N–H and O–H groups in total. The lowest BCUT2D eigenvalue weighted by molar-refractivity contribution is -0.140. The lowest BCUT2D eigenvalue weighted by Gasteiger charge is -2.43. The molecule has 0 aromatic carbocycles. The molecule has 6 rings (SSSR count). The van der Waals surface area contributed by atoms with Crippen molar-refractivity contribution in [3.63, 3.8) is 0 Å². The van der Waals surface area contributed by atoms with E-state index in [1.807, 2.05) is 18.2 Å². The SMILES string of the molecule is CCNC(=O)Nc1cc(-c2nc(C(F)(F)F)cs2)c(-c2cc3ncccc3nc2N2CC3CCCC(C2)N3)cn1. The van der Waals surface area contributed by atoms with Crippen LogP contribution in [0.2, 0.25) is 0 Å². The first-order chi connectivity index (χ1) is 19.3. The van der Waals surface area contributed by atoms with Crippen LogP contribution in [0.25, 0.3) is 32.7 Å². The molecule has 13 heteroatoms. The van der Waals surface area contributed by atoms with Gasteiger partial charge in [0.25, 0.3) is 0 Å². The molecule has 2 saturated heterocycles. The van der Waals surface area contributed by atoms with Gasteiger partial charge in [-0.1, -0.05) is 6.42 Å². The first-order valence-electron chi connectivity index (χ1n) is 13.1. The van der Waals surface area contributed by atoms with Crippen molar-refractivity contribution in [2.75, 3.05) is 29.9 Å². The average Bonchev–Trinajstić information content (AvgIpc) is 3.43. The van der Waals surface area contributed by atoms with Crippen LogP contribution >= 0.6 is 11.3 Å². The lowest BCUT2D eigenvalue weighted by atomic mass is 9.93. The molecule has 2 atom stereocenters. The molecule has 40 heavy (non-hydrogen) atoms. The summed E-state index contributed by atoms with van der Waals surface area (Å²) < 4.78 is 40.5. The summed E-state index contributed by atoms with van der Waals surface area (Å²) >= 11 is 0.888. The summed E-state index contributed by atoms with van der Waals surface area (Å²) in [4.78, 5) is 32.3. The largest absolute Gasteiger partial charge is 0.434 e. The second-order valence-electron chi connectivity index (χ2n) is 9.93. The fourth-order valence-electron chi connectivity index (χ4n) is 5.37. The molecule has 2 unspecified atom stereocenters. The van der Waals surface area contributed by atoms with Crippen molar-refractivity contribution in [2.24, 2.45) is 0 Å². The first kappa shape index (κ1) is 26.4. The fraction of sp³-hybridized carbons (Fsp3) is 0.370. The van der Waals surface area contributed by atoms with E-state index in [-0.39, 0.29) is 10.8 Å². The third kappa shape index (κ3) is 5.30. The van der Waals surface area contributed by atoms with Gasteiger partial charge in [-0.2, -0.15) is 13.2 Å². The maximum Gasteiger partial charge on any atom is 0.434 e. The Morgan fingerprint density at radius 1 is 1.10 bits per heavy atom. The highest BCUT2D eigenvalue weighted by Gasteiger charge is 2.35. The molecule has 208 valence electrons. The molecule has 4 aromatic rings. The van der Waals surface area contributed by atoms with Gasteiger partial charge in [-0.15, -0.1) is 11.3 Å². The number of nitrogens with zero attached hydrogens (tertiary/aromatic N) is 5. The van der Waals surface area contributed by atoms with Gasteiger partial charge in [0.2, 0.25) is 0 Å². The maximum absolute atomic E-state index is 13.5. The first-order valence-corrected chi connectivity index (χ1v) is 14.0. The predicted molar refractivity (Wildman–Crippen MR) is 148 cm³/mol. The molecule has 0 aliphatic carbocycles. The summed E-state index contributed by atoms with van der Waals surface area (Å²) in [7, 11) is 0. The Bertz CT molecular complexity index is 1550. The van der Waals surface area contributed by atoms with Crippen LogP contribution in [0, 0.1) is 0 Å². The van der Waals surface area contributed by atoms with Crippen LogP contribution in [-0.4, -0.2) is 57.7 Å². The number of carbonyl (C=O) groups excluding carboxylic acids is 1. The number of alkyl halides is 3. The van der Waals surface area contributed by atoms with E-state index in [2.05, 4.69) is 35.8 Å². The topological polar surface area (TPSA) is 108 Å². The third-order valence-electron chi connectivity index (χ3n) is 7.12. The molecule has 2 bridgehead atoms. The Morgan fingerprint density at radius 2 is 1.90 bits per heavy atom. The normalized spacial score (nSPS) is 19.1. The van der Waals surface area contributed by atoms with Crippen molar-refractivity contribution in [2.45, 2.75) is 44.4 Å². The molecule has 0 saturated carbocycles. The van der Waals surface area contributed by atoms with E-state index in [0.717, 1.165) is 54.0 Å². The number of pyridine rings is 3. The number of thiazole rings is 1. The van der Waals surface area contributed by atoms with Crippen molar-refractivity contribution in [3.05, 3.63) is 47.7 Å². The Hall–Kier alpha value is -3.84. The summed E-state index contributed by atoms with van der Waals surface area (Å²) in [5, 5.41) is 10.1. The van der Waals surface area contributed by atoms with Crippen molar-refractivity contribution in [1.29, 1.82) is 0 Å². The van der Waals surface area contributed by atoms with E-state index in [9.17, 15) is 18.0 Å². The quantitative estimate of drug-likeness (QED) is 0.300. The Kier molecular flexibility index (Phi) is 7.00. The van der Waals surface area contributed by atoms with Gasteiger partial charge < -0.3 is 15.5 Å². The number of carbonyl (C=O) groups is 1. The van der Waals surface area contributed by atoms with Crippen molar-refractivity contribution in [1.82, 2.24) is 30.6 Å². The number of piperidine rings is 1. The van der Waals surface area contributed by atoms with Gasteiger partial charge in [-0.3, -0.25) is 10.3 Å². The molecule has 9 nitrogen and oxygen atoms in total. The molecule has 2 fully saturated rings. The Morgan fingerprint density at radius 3 is 2.62 bits per heavy atom. The molecule has 6 heterocycles. The summed E-state index contributed by atoms with van der Waals surface area (Å²) in [5.41, 5.74) is 2.08. The molecule has 4 aromatic heterocycles. The minimum atomic E-state index is -4.58. The van der Waals surface area contributed by atoms with E-state index in [1.165, 1.54) is 6.42 Å². The number of anilines is 2. The molecule has 0 radical (unpaired) electrons. The molecular weight excluding hydrogens is 541 g/mol. The van der Waals surface area contributed by atoms with Gasteiger partial charge in [-0.05, 0) is 44.0 Å². The summed E-state index contributed by atoms with van der Waals surface area (Å²) in [6.07, 6.45) is 1.98. The Balaban J connectivity index is 1.52. The number of aromatic nitrogens is 4. The summed E-state index contributed by atoms with van der Waals surface area (Å²) in [6.45, 7) is 3.71. The van der Waals surface area contributed by atoms with Crippen LogP contribution < -0.4 is 20.9 Å². The number of hydrogen-bond donors (Lipinski definition) is 3. The van der Waals surface area contributed by atoms with Crippen molar-refractivity contribution >= 4 is 40.0 Å². The van der Waals surface area contributed by atoms with Crippen molar-refractivity contribution in [3.8, 4) is 21.7 Å². The molecule has 2 amide bonds. The zero-order valence-electron chi connectivity index (χ0n) is 21.6. The number of hydrogen-bond acceptors (Lipinski definition) is 8. The number of urea groups is 1. The molecule has 0 spiro atoms.